The number of imide groups is 1. The Kier molecular flexibility index (Phi) is 4.30. The molecule has 2 amide bonds. The van der Waals surface area contributed by atoms with Gasteiger partial charge in [-0.1, -0.05) is 35.3 Å². The molecule has 1 N–H and O–H groups in total. The summed E-state index contributed by atoms with van der Waals surface area (Å²) in [5.41, 5.74) is 1.72. The van der Waals surface area contributed by atoms with Crippen LogP contribution in [0.1, 0.15) is 5.56 Å². The molecule has 122 valence electrons. The first-order valence-electron chi connectivity index (χ1n) is 6.96. The highest BCUT2D eigenvalue weighted by atomic mass is 35.5. The van der Waals surface area contributed by atoms with Gasteiger partial charge in [0.2, 0.25) is 0 Å². The number of carbonyl (C=O) groups excluding carboxylic acids is 2. The fraction of sp³-hybridized carbons (Fsp3) is 0.0588. The van der Waals surface area contributed by atoms with Gasteiger partial charge in [-0.3, -0.25) is 9.59 Å². The van der Waals surface area contributed by atoms with Crippen LogP contribution in [0.5, 0.6) is 0 Å². The summed E-state index contributed by atoms with van der Waals surface area (Å²) in [6.45, 7) is 1.90. The molecule has 2 aromatic rings. The molecule has 0 aliphatic carbocycles. The molecule has 3 rings (SSSR count). The number of nitrogens with zero attached hydrogens (tertiary/aromatic N) is 1. The van der Waals surface area contributed by atoms with Gasteiger partial charge in [-0.2, -0.15) is 0 Å². The van der Waals surface area contributed by atoms with Crippen LogP contribution in [0.4, 0.5) is 15.8 Å². The molecule has 2 aromatic carbocycles. The first-order valence-corrected chi connectivity index (χ1v) is 7.71. The molecule has 0 spiro atoms. The van der Waals surface area contributed by atoms with Crippen molar-refractivity contribution in [3.8, 4) is 0 Å². The molecule has 0 saturated heterocycles. The minimum Gasteiger partial charge on any atom is -0.350 e. The van der Waals surface area contributed by atoms with Crippen LogP contribution in [0.25, 0.3) is 0 Å². The fourth-order valence-corrected chi connectivity index (χ4v) is 2.72. The third-order valence-electron chi connectivity index (χ3n) is 3.48. The number of halogens is 3. The number of carbonyl (C=O) groups is 2. The standard InChI is InChI=1S/C17H11Cl2FN2O2/c1-9-3-2-4-10(7-9)21-15-14(19)16(23)22(17(15)24)11-5-6-13(20)12(18)8-11/h2-8,21H,1H3. The van der Waals surface area contributed by atoms with Gasteiger partial charge in [-0.05, 0) is 42.8 Å². The second-order valence-corrected chi connectivity index (χ2v) is 6.01. The summed E-state index contributed by atoms with van der Waals surface area (Å²) in [5.74, 6) is -1.97. The Morgan fingerprint density at radius 2 is 1.79 bits per heavy atom. The second-order valence-electron chi connectivity index (χ2n) is 5.23. The highest BCUT2D eigenvalue weighted by Crippen LogP contribution is 2.32. The van der Waals surface area contributed by atoms with Crippen molar-refractivity contribution in [3.05, 3.63) is 69.6 Å². The molecule has 24 heavy (non-hydrogen) atoms. The van der Waals surface area contributed by atoms with E-state index in [4.69, 9.17) is 23.2 Å². The van der Waals surface area contributed by atoms with Crippen LogP contribution in [-0.2, 0) is 9.59 Å². The summed E-state index contributed by atoms with van der Waals surface area (Å²) in [7, 11) is 0. The molecule has 0 aromatic heterocycles. The molecule has 1 heterocycles. The van der Waals surface area contributed by atoms with E-state index in [0.717, 1.165) is 16.5 Å². The molecule has 1 aliphatic rings. The van der Waals surface area contributed by atoms with Gasteiger partial charge in [0, 0.05) is 5.69 Å². The summed E-state index contributed by atoms with van der Waals surface area (Å²) in [6.07, 6.45) is 0. The minimum absolute atomic E-state index is 0.0345. The Morgan fingerprint density at radius 3 is 2.46 bits per heavy atom. The highest BCUT2D eigenvalue weighted by Gasteiger charge is 2.39. The predicted octanol–water partition coefficient (Wildman–Crippen LogP) is 4.22. The van der Waals surface area contributed by atoms with Gasteiger partial charge in [-0.25, -0.2) is 9.29 Å². The van der Waals surface area contributed by atoms with Crippen LogP contribution < -0.4 is 10.2 Å². The SMILES string of the molecule is Cc1cccc(NC2=C(Cl)C(=O)N(c3ccc(F)c(Cl)c3)C2=O)c1. The van der Waals surface area contributed by atoms with E-state index in [0.29, 0.717) is 5.69 Å². The van der Waals surface area contributed by atoms with Crippen molar-refractivity contribution in [1.82, 2.24) is 0 Å². The van der Waals surface area contributed by atoms with E-state index >= 15 is 0 Å². The van der Waals surface area contributed by atoms with Crippen molar-refractivity contribution in [2.45, 2.75) is 6.92 Å². The molecule has 4 nitrogen and oxygen atoms in total. The van der Waals surface area contributed by atoms with E-state index in [1.54, 1.807) is 6.07 Å². The molecule has 0 unspecified atom stereocenters. The zero-order chi connectivity index (χ0) is 17.4. The predicted molar refractivity (Wildman–Crippen MR) is 91.6 cm³/mol. The Labute approximate surface area is 147 Å². The monoisotopic (exact) mass is 364 g/mol. The van der Waals surface area contributed by atoms with Crippen molar-refractivity contribution < 1.29 is 14.0 Å². The molecular weight excluding hydrogens is 354 g/mol. The van der Waals surface area contributed by atoms with Crippen molar-refractivity contribution in [2.75, 3.05) is 10.2 Å². The van der Waals surface area contributed by atoms with Crippen molar-refractivity contribution >= 4 is 46.4 Å². The minimum atomic E-state index is -0.695. The first-order chi connectivity index (χ1) is 11.4. The summed E-state index contributed by atoms with van der Waals surface area (Å²) < 4.78 is 13.3. The second kappa shape index (κ2) is 6.26. The number of nitrogens with one attached hydrogen (secondary N) is 1. The Bertz CT molecular complexity index is 896. The number of benzene rings is 2. The lowest BCUT2D eigenvalue weighted by Crippen LogP contribution is -2.32. The molecule has 0 radical (unpaired) electrons. The van der Waals surface area contributed by atoms with E-state index in [1.165, 1.54) is 12.1 Å². The molecule has 0 saturated carbocycles. The topological polar surface area (TPSA) is 49.4 Å². The van der Waals surface area contributed by atoms with Gasteiger partial charge in [0.25, 0.3) is 11.8 Å². The van der Waals surface area contributed by atoms with Gasteiger partial charge in [0.15, 0.2) is 0 Å². The first kappa shape index (κ1) is 16.5. The molecule has 7 heteroatoms. The molecule has 1 aliphatic heterocycles. The molecule has 0 bridgehead atoms. The number of anilines is 2. The van der Waals surface area contributed by atoms with Crippen LogP contribution in [0.2, 0.25) is 5.02 Å². The van der Waals surface area contributed by atoms with Crippen molar-refractivity contribution in [3.63, 3.8) is 0 Å². The van der Waals surface area contributed by atoms with Crippen LogP contribution in [0, 0.1) is 12.7 Å². The molecule has 0 atom stereocenters. The van der Waals surface area contributed by atoms with Crippen LogP contribution in [0.3, 0.4) is 0 Å². The van der Waals surface area contributed by atoms with Gasteiger partial charge in [-0.15, -0.1) is 0 Å². The van der Waals surface area contributed by atoms with Gasteiger partial charge in [0.05, 0.1) is 10.7 Å². The average molecular weight is 365 g/mol. The lowest BCUT2D eigenvalue weighted by Gasteiger charge is -2.15. The van der Waals surface area contributed by atoms with E-state index in [-0.39, 0.29) is 21.4 Å². The number of rotatable bonds is 3. The quantitative estimate of drug-likeness (QED) is 0.829. The number of hydrogen-bond donors (Lipinski definition) is 1. The maximum atomic E-state index is 13.3. The zero-order valence-corrected chi connectivity index (χ0v) is 14.0. The lowest BCUT2D eigenvalue weighted by atomic mass is 10.2. The largest absolute Gasteiger partial charge is 0.350 e. The maximum absolute atomic E-state index is 13.3. The normalized spacial score (nSPS) is 14.6. The number of aryl methyl sites for hydroxylation is 1. The summed E-state index contributed by atoms with van der Waals surface area (Å²) in [5, 5.41) is 2.44. The molecular formula is C17H11Cl2FN2O2. The Balaban J connectivity index is 1.94. The van der Waals surface area contributed by atoms with Gasteiger partial charge >= 0.3 is 0 Å². The van der Waals surface area contributed by atoms with Crippen molar-refractivity contribution in [2.24, 2.45) is 0 Å². The molecule has 0 fully saturated rings. The third-order valence-corrected chi connectivity index (χ3v) is 4.12. The van der Waals surface area contributed by atoms with Crippen LogP contribution >= 0.6 is 23.2 Å². The average Bonchev–Trinajstić information content (AvgIpc) is 2.74. The summed E-state index contributed by atoms with van der Waals surface area (Å²) >= 11 is 11.7. The van der Waals surface area contributed by atoms with E-state index in [1.807, 2.05) is 25.1 Å². The summed E-state index contributed by atoms with van der Waals surface area (Å²) in [6, 6.07) is 10.8. The summed E-state index contributed by atoms with van der Waals surface area (Å²) in [4.78, 5) is 25.7. The zero-order valence-electron chi connectivity index (χ0n) is 12.4. The smallest absolute Gasteiger partial charge is 0.283 e. The fourth-order valence-electron chi connectivity index (χ4n) is 2.34. The maximum Gasteiger partial charge on any atom is 0.283 e. The Hall–Kier alpha value is -2.37. The van der Waals surface area contributed by atoms with Crippen LogP contribution in [0.15, 0.2) is 53.2 Å². The van der Waals surface area contributed by atoms with E-state index in [2.05, 4.69) is 5.32 Å². The van der Waals surface area contributed by atoms with Crippen LogP contribution in [-0.4, -0.2) is 11.8 Å². The van der Waals surface area contributed by atoms with E-state index in [9.17, 15) is 14.0 Å². The Morgan fingerprint density at radius 1 is 1.04 bits per heavy atom. The third kappa shape index (κ3) is 2.88. The van der Waals surface area contributed by atoms with Gasteiger partial charge in [0.1, 0.15) is 16.5 Å². The number of amides is 2. The van der Waals surface area contributed by atoms with Gasteiger partial charge < -0.3 is 5.32 Å². The number of hydrogen-bond acceptors (Lipinski definition) is 3. The highest BCUT2D eigenvalue weighted by molar-refractivity contribution is 6.53. The van der Waals surface area contributed by atoms with E-state index < -0.39 is 17.6 Å². The van der Waals surface area contributed by atoms with Crippen molar-refractivity contribution in [1.29, 1.82) is 0 Å². The lowest BCUT2D eigenvalue weighted by molar-refractivity contribution is -0.120.